The second kappa shape index (κ2) is 9.35. The lowest BCUT2D eigenvalue weighted by molar-refractivity contribution is 0.358. The molecular formula is C28H29N5O. The highest BCUT2D eigenvalue weighted by atomic mass is 16.3. The van der Waals surface area contributed by atoms with E-state index in [1.807, 2.05) is 43.3 Å². The Labute approximate surface area is 199 Å². The molecule has 1 aliphatic rings. The van der Waals surface area contributed by atoms with Gasteiger partial charge in [0.2, 0.25) is 0 Å². The molecule has 0 fully saturated rings. The summed E-state index contributed by atoms with van der Waals surface area (Å²) in [6, 6.07) is 16.3. The summed E-state index contributed by atoms with van der Waals surface area (Å²) in [6.07, 6.45) is 8.25. The van der Waals surface area contributed by atoms with Crippen LogP contribution in [0.5, 0.6) is 0 Å². The maximum Gasteiger partial charge on any atom is 0.154 e. The molecule has 2 aromatic heterocycles. The highest BCUT2D eigenvalue weighted by molar-refractivity contribution is 5.85. The summed E-state index contributed by atoms with van der Waals surface area (Å²) in [5.74, 6) is 0.814. The van der Waals surface area contributed by atoms with Crippen molar-refractivity contribution in [2.75, 3.05) is 17.6 Å². The molecule has 34 heavy (non-hydrogen) atoms. The van der Waals surface area contributed by atoms with Crippen molar-refractivity contribution in [3.8, 4) is 0 Å². The van der Waals surface area contributed by atoms with Gasteiger partial charge in [0.15, 0.2) is 5.76 Å². The molecule has 2 aromatic carbocycles. The molecule has 0 radical (unpaired) electrons. The van der Waals surface area contributed by atoms with Crippen LogP contribution in [0.3, 0.4) is 0 Å². The van der Waals surface area contributed by atoms with Gasteiger partial charge in [0, 0.05) is 47.2 Å². The van der Waals surface area contributed by atoms with Gasteiger partial charge in [-0.25, -0.2) is 0 Å². The molecule has 0 amide bonds. The summed E-state index contributed by atoms with van der Waals surface area (Å²) < 4.78 is 5.88. The fraction of sp³-hybridized carbons (Fsp3) is 0.179. The van der Waals surface area contributed by atoms with E-state index in [0.717, 1.165) is 47.9 Å². The molecular weight excluding hydrogens is 422 g/mol. The minimum absolute atomic E-state index is 0.609. The Morgan fingerprint density at radius 3 is 3.03 bits per heavy atom. The molecule has 172 valence electrons. The summed E-state index contributed by atoms with van der Waals surface area (Å²) in [4.78, 5) is 10.3. The van der Waals surface area contributed by atoms with Gasteiger partial charge in [0.05, 0.1) is 29.9 Å². The van der Waals surface area contributed by atoms with Crippen LogP contribution in [0.4, 0.5) is 17.1 Å². The number of nitrogen functional groups attached to an aromatic ring is 1. The lowest BCUT2D eigenvalue weighted by Gasteiger charge is -2.30. The fourth-order valence-electron chi connectivity index (χ4n) is 4.47. The Balaban J connectivity index is 1.29. The molecule has 0 saturated carbocycles. The van der Waals surface area contributed by atoms with Gasteiger partial charge in [-0.15, -0.1) is 0 Å². The van der Waals surface area contributed by atoms with Crippen LogP contribution >= 0.6 is 0 Å². The molecule has 3 heterocycles. The topological polar surface area (TPSA) is 82.6 Å². The van der Waals surface area contributed by atoms with Gasteiger partial charge in [-0.2, -0.15) is 0 Å². The number of furan rings is 1. The van der Waals surface area contributed by atoms with Gasteiger partial charge < -0.3 is 25.4 Å². The average molecular weight is 452 g/mol. The zero-order valence-corrected chi connectivity index (χ0v) is 19.3. The standard InChI is InChI=1S/C28H29N5O/c1-3-4-13-30-26-16-21(9-10-24(26)29)31-17-20-12-15-34-28(20)19(2)33-14-11-23-22-7-5-6-8-25(22)32-27(23)18-33/h3-10,12-13,15-16,31-32H,2,11,14,17-18,29H2,1H3/b4-3-,30-13?. The molecule has 0 aliphatic carbocycles. The Morgan fingerprint density at radius 1 is 1.26 bits per heavy atom. The summed E-state index contributed by atoms with van der Waals surface area (Å²) in [7, 11) is 0. The number of benzene rings is 2. The van der Waals surface area contributed by atoms with E-state index in [9.17, 15) is 0 Å². The van der Waals surface area contributed by atoms with E-state index in [1.54, 1.807) is 12.5 Å². The van der Waals surface area contributed by atoms with Crippen molar-refractivity contribution < 1.29 is 4.42 Å². The van der Waals surface area contributed by atoms with Crippen molar-refractivity contribution in [3.05, 3.63) is 96.1 Å². The quantitative estimate of drug-likeness (QED) is 0.229. The maximum absolute atomic E-state index is 6.07. The van der Waals surface area contributed by atoms with Crippen molar-refractivity contribution in [2.24, 2.45) is 4.99 Å². The lowest BCUT2D eigenvalue weighted by atomic mass is 10.0. The molecule has 4 aromatic rings. The smallest absolute Gasteiger partial charge is 0.154 e. The molecule has 6 nitrogen and oxygen atoms in total. The number of para-hydroxylation sites is 1. The highest BCUT2D eigenvalue weighted by Gasteiger charge is 2.24. The van der Waals surface area contributed by atoms with E-state index < -0.39 is 0 Å². The number of hydrogen-bond acceptors (Lipinski definition) is 5. The normalized spacial score (nSPS) is 13.7. The molecule has 0 atom stereocenters. The highest BCUT2D eigenvalue weighted by Crippen LogP contribution is 2.32. The minimum Gasteiger partial charge on any atom is -0.462 e. The minimum atomic E-state index is 0.609. The number of rotatable bonds is 7. The Kier molecular flexibility index (Phi) is 5.95. The third kappa shape index (κ3) is 4.22. The Bertz CT molecular complexity index is 1390. The van der Waals surface area contributed by atoms with Crippen LogP contribution in [0.15, 0.2) is 82.9 Å². The number of nitrogens with two attached hydrogens (primary N) is 1. The molecule has 1 aliphatic heterocycles. The molecule has 0 saturated heterocycles. The van der Waals surface area contributed by atoms with Gasteiger partial charge >= 0.3 is 0 Å². The van der Waals surface area contributed by atoms with Gasteiger partial charge in [-0.05, 0) is 55.3 Å². The van der Waals surface area contributed by atoms with E-state index in [2.05, 4.69) is 51.0 Å². The van der Waals surface area contributed by atoms with Crippen LogP contribution in [0.1, 0.15) is 29.5 Å². The van der Waals surface area contributed by atoms with Crippen LogP contribution in [0, 0.1) is 0 Å². The third-order valence-electron chi connectivity index (χ3n) is 6.28. The SMILES string of the molecule is C=C(c1occc1CNc1ccc(N)c(N=C/C=C\C)c1)N1CCc2c([nH]c3ccccc23)C1. The van der Waals surface area contributed by atoms with Crippen LogP contribution in [-0.4, -0.2) is 22.6 Å². The van der Waals surface area contributed by atoms with Gasteiger partial charge in [-0.3, -0.25) is 4.99 Å². The van der Waals surface area contributed by atoms with E-state index in [-0.39, 0.29) is 0 Å². The number of anilines is 2. The Hall–Kier alpha value is -4.19. The lowest BCUT2D eigenvalue weighted by Crippen LogP contribution is -2.29. The third-order valence-corrected chi connectivity index (χ3v) is 6.28. The van der Waals surface area contributed by atoms with Crippen molar-refractivity contribution in [1.82, 2.24) is 9.88 Å². The van der Waals surface area contributed by atoms with Gasteiger partial charge in [0.1, 0.15) is 0 Å². The molecule has 5 rings (SSSR count). The number of aliphatic imine (C=N–C) groups is 1. The first-order chi connectivity index (χ1) is 16.6. The van der Waals surface area contributed by atoms with Crippen LogP contribution < -0.4 is 11.1 Å². The van der Waals surface area contributed by atoms with Crippen LogP contribution in [0.25, 0.3) is 16.6 Å². The van der Waals surface area contributed by atoms with Gasteiger partial charge in [0.25, 0.3) is 0 Å². The number of nitrogens with zero attached hydrogens (tertiary/aromatic N) is 2. The summed E-state index contributed by atoms with van der Waals surface area (Å²) in [6.45, 7) is 8.64. The Morgan fingerprint density at radius 2 is 2.15 bits per heavy atom. The van der Waals surface area contributed by atoms with Crippen LogP contribution in [0.2, 0.25) is 0 Å². The van der Waals surface area contributed by atoms with Gasteiger partial charge in [-0.1, -0.05) is 30.9 Å². The number of H-pyrrole nitrogens is 1. The molecule has 0 spiro atoms. The predicted molar refractivity (Wildman–Crippen MR) is 141 cm³/mol. The summed E-state index contributed by atoms with van der Waals surface area (Å²) in [5, 5.41) is 4.79. The number of nitrogens with one attached hydrogen (secondary N) is 2. The molecule has 0 unspecified atom stereocenters. The summed E-state index contributed by atoms with van der Waals surface area (Å²) >= 11 is 0. The number of aromatic amines is 1. The number of aromatic nitrogens is 1. The number of hydrogen-bond donors (Lipinski definition) is 3. The first-order valence-corrected chi connectivity index (χ1v) is 11.5. The first kappa shape index (κ1) is 21.6. The van der Waals surface area contributed by atoms with Crippen molar-refractivity contribution in [2.45, 2.75) is 26.4 Å². The zero-order chi connectivity index (χ0) is 23.5. The second-order valence-electron chi connectivity index (χ2n) is 8.45. The summed E-state index contributed by atoms with van der Waals surface area (Å²) in [5.41, 5.74) is 14.2. The first-order valence-electron chi connectivity index (χ1n) is 11.5. The van der Waals surface area contributed by atoms with Crippen molar-refractivity contribution >= 4 is 39.9 Å². The average Bonchev–Trinajstić information content (AvgIpc) is 3.48. The van der Waals surface area contributed by atoms with Crippen molar-refractivity contribution in [3.63, 3.8) is 0 Å². The number of fused-ring (bicyclic) bond motifs is 3. The zero-order valence-electron chi connectivity index (χ0n) is 19.3. The monoisotopic (exact) mass is 451 g/mol. The van der Waals surface area contributed by atoms with E-state index in [0.29, 0.717) is 12.2 Å². The van der Waals surface area contributed by atoms with Crippen LogP contribution in [-0.2, 0) is 19.5 Å². The molecule has 6 heteroatoms. The van der Waals surface area contributed by atoms with Crippen molar-refractivity contribution in [1.29, 1.82) is 0 Å². The fourth-order valence-corrected chi connectivity index (χ4v) is 4.47. The maximum atomic E-state index is 6.07. The largest absolute Gasteiger partial charge is 0.462 e. The van der Waals surface area contributed by atoms with E-state index in [4.69, 9.17) is 10.2 Å². The second-order valence-corrected chi connectivity index (χ2v) is 8.45. The molecule has 4 N–H and O–H groups in total. The number of allylic oxidation sites excluding steroid dienone is 2. The van der Waals surface area contributed by atoms with E-state index in [1.165, 1.54) is 22.2 Å². The van der Waals surface area contributed by atoms with E-state index >= 15 is 0 Å². The predicted octanol–water partition coefficient (Wildman–Crippen LogP) is 6.26. The molecule has 0 bridgehead atoms.